The first-order valence-corrected chi connectivity index (χ1v) is 5.54. The fourth-order valence-corrected chi connectivity index (χ4v) is 2.37. The number of hydrogen-bond donors (Lipinski definition) is 0. The second-order valence-corrected chi connectivity index (χ2v) is 4.26. The van der Waals surface area contributed by atoms with Crippen LogP contribution in [0.5, 0.6) is 0 Å². The van der Waals surface area contributed by atoms with E-state index in [9.17, 15) is 0 Å². The maximum absolute atomic E-state index is 8.90. The van der Waals surface area contributed by atoms with Crippen LogP contribution in [0.3, 0.4) is 0 Å². The lowest BCUT2D eigenvalue weighted by Gasteiger charge is -1.97. The third-order valence-electron chi connectivity index (χ3n) is 2.04. The molecule has 0 atom stereocenters. The normalized spacial score (nSPS) is 9.87. The van der Waals surface area contributed by atoms with Crippen molar-refractivity contribution in [2.45, 2.75) is 6.42 Å². The van der Waals surface area contributed by atoms with Crippen LogP contribution < -0.4 is 0 Å². The van der Waals surface area contributed by atoms with E-state index in [1.165, 1.54) is 11.5 Å². The predicted molar refractivity (Wildman–Crippen MR) is 61.1 cm³/mol. The van der Waals surface area contributed by atoms with Gasteiger partial charge >= 0.3 is 0 Å². The van der Waals surface area contributed by atoms with Crippen molar-refractivity contribution in [3.8, 4) is 6.07 Å². The molecule has 15 heavy (non-hydrogen) atoms. The van der Waals surface area contributed by atoms with E-state index < -0.39 is 0 Å². The highest BCUT2D eigenvalue weighted by atomic mass is 35.5. The van der Waals surface area contributed by atoms with E-state index in [0.717, 1.165) is 10.4 Å². The molecule has 4 heteroatoms. The van der Waals surface area contributed by atoms with Gasteiger partial charge in [0.2, 0.25) is 0 Å². The number of rotatable bonds is 2. The molecule has 0 saturated heterocycles. The molecule has 0 amide bonds. The van der Waals surface area contributed by atoms with E-state index in [1.807, 2.05) is 30.3 Å². The molecular weight excluding hydrogens is 228 g/mol. The van der Waals surface area contributed by atoms with E-state index in [4.69, 9.17) is 16.9 Å². The number of halogens is 1. The summed E-state index contributed by atoms with van der Waals surface area (Å²) in [5, 5.41) is 9.21. The first-order valence-electron chi connectivity index (χ1n) is 4.39. The number of hydrogen-bond acceptors (Lipinski definition) is 3. The van der Waals surface area contributed by atoms with E-state index in [1.54, 1.807) is 0 Å². The van der Waals surface area contributed by atoms with Crippen molar-refractivity contribution >= 4 is 23.1 Å². The molecule has 1 aromatic carbocycles. The number of nitrogens with zero attached hydrogens (tertiary/aromatic N) is 2. The summed E-state index contributed by atoms with van der Waals surface area (Å²) in [6.07, 6.45) is 0.716. The summed E-state index contributed by atoms with van der Waals surface area (Å²) in [6, 6.07) is 12.0. The van der Waals surface area contributed by atoms with Gasteiger partial charge in [0.1, 0.15) is 11.6 Å². The lowest BCUT2D eigenvalue weighted by molar-refractivity contribution is 1.23. The highest BCUT2D eigenvalue weighted by Gasteiger charge is 2.11. The molecule has 0 spiro atoms. The molecule has 0 radical (unpaired) electrons. The summed E-state index contributed by atoms with van der Waals surface area (Å²) in [7, 11) is 0. The van der Waals surface area contributed by atoms with Crippen LogP contribution in [-0.2, 0) is 6.42 Å². The Morgan fingerprint density at radius 1 is 1.33 bits per heavy atom. The Morgan fingerprint density at radius 3 is 2.73 bits per heavy atom. The van der Waals surface area contributed by atoms with Gasteiger partial charge in [0, 0.05) is 11.3 Å². The summed E-state index contributed by atoms with van der Waals surface area (Å²) in [5.41, 5.74) is 1.67. The Kier molecular flexibility index (Phi) is 3.00. The monoisotopic (exact) mass is 234 g/mol. The number of benzene rings is 1. The molecule has 0 saturated carbocycles. The van der Waals surface area contributed by atoms with E-state index in [-0.39, 0.29) is 0 Å². The minimum Gasteiger partial charge on any atom is -0.192 e. The van der Waals surface area contributed by atoms with Gasteiger partial charge in [-0.25, -0.2) is 0 Å². The van der Waals surface area contributed by atoms with Gasteiger partial charge in [-0.1, -0.05) is 41.9 Å². The Labute approximate surface area is 96.9 Å². The zero-order valence-electron chi connectivity index (χ0n) is 7.77. The largest absolute Gasteiger partial charge is 0.192 e. The van der Waals surface area contributed by atoms with Crippen LogP contribution in [-0.4, -0.2) is 4.37 Å². The molecule has 2 rings (SSSR count). The zero-order chi connectivity index (χ0) is 10.7. The highest BCUT2D eigenvalue weighted by molar-refractivity contribution is 7.06. The van der Waals surface area contributed by atoms with Gasteiger partial charge in [-0.05, 0) is 17.1 Å². The Bertz CT molecular complexity index is 499. The molecule has 0 unspecified atom stereocenters. The van der Waals surface area contributed by atoms with E-state index in [2.05, 4.69) is 10.4 Å². The summed E-state index contributed by atoms with van der Waals surface area (Å²) in [6.45, 7) is 0. The van der Waals surface area contributed by atoms with Gasteiger partial charge in [0.25, 0.3) is 0 Å². The summed E-state index contributed by atoms with van der Waals surface area (Å²) >= 11 is 7.08. The van der Waals surface area contributed by atoms with Gasteiger partial charge < -0.3 is 0 Å². The van der Waals surface area contributed by atoms with Crippen molar-refractivity contribution in [3.05, 3.63) is 51.5 Å². The molecule has 0 bridgehead atoms. The van der Waals surface area contributed by atoms with Crippen molar-refractivity contribution < 1.29 is 0 Å². The molecule has 2 aromatic rings. The predicted octanol–water partition coefficient (Wildman–Crippen LogP) is 3.26. The Hall–Kier alpha value is -1.37. The average molecular weight is 235 g/mol. The van der Waals surface area contributed by atoms with Crippen molar-refractivity contribution in [3.63, 3.8) is 0 Å². The minimum absolute atomic E-state index is 0.313. The second kappa shape index (κ2) is 4.43. The molecule has 0 aliphatic rings. The van der Waals surface area contributed by atoms with Crippen LogP contribution in [0.15, 0.2) is 30.3 Å². The molecule has 74 valence electrons. The zero-order valence-corrected chi connectivity index (χ0v) is 9.35. The van der Waals surface area contributed by atoms with Crippen LogP contribution in [0, 0.1) is 11.3 Å². The third-order valence-corrected chi connectivity index (χ3v) is 3.26. The summed E-state index contributed by atoms with van der Waals surface area (Å²) in [5.74, 6) is 0. The molecule has 0 aliphatic carbocycles. The lowest BCUT2D eigenvalue weighted by atomic mass is 10.1. The van der Waals surface area contributed by atoms with Crippen LogP contribution >= 0.6 is 23.1 Å². The van der Waals surface area contributed by atoms with Crippen molar-refractivity contribution in [1.82, 2.24) is 4.37 Å². The van der Waals surface area contributed by atoms with Gasteiger partial charge in [-0.3, -0.25) is 0 Å². The van der Waals surface area contributed by atoms with Crippen LogP contribution in [0.2, 0.25) is 5.15 Å². The van der Waals surface area contributed by atoms with Gasteiger partial charge in [0.15, 0.2) is 5.15 Å². The van der Waals surface area contributed by atoms with E-state index in [0.29, 0.717) is 17.1 Å². The molecule has 0 N–H and O–H groups in total. The van der Waals surface area contributed by atoms with E-state index >= 15 is 0 Å². The maximum atomic E-state index is 8.90. The fourth-order valence-electron chi connectivity index (χ4n) is 1.31. The third kappa shape index (κ3) is 2.17. The molecule has 0 fully saturated rings. The molecular formula is C11H7ClN2S. The smallest absolute Gasteiger partial charge is 0.160 e. The van der Waals surface area contributed by atoms with Crippen molar-refractivity contribution in [2.75, 3.05) is 0 Å². The molecule has 0 aliphatic heterocycles. The standard InChI is InChI=1S/C11H7ClN2S/c12-11-9(7-13)10(15-14-11)6-8-4-2-1-3-5-8/h1-5H,6H2. The first kappa shape index (κ1) is 10.2. The summed E-state index contributed by atoms with van der Waals surface area (Å²) in [4.78, 5) is 0.925. The second-order valence-electron chi connectivity index (χ2n) is 3.05. The number of nitriles is 1. The topological polar surface area (TPSA) is 36.7 Å². The average Bonchev–Trinajstić information content (AvgIpc) is 2.61. The molecule has 1 heterocycles. The fraction of sp³-hybridized carbons (Fsp3) is 0.0909. The quantitative estimate of drug-likeness (QED) is 0.800. The van der Waals surface area contributed by atoms with Gasteiger partial charge in [-0.15, -0.1) is 0 Å². The minimum atomic E-state index is 0.313. The summed E-state index contributed by atoms with van der Waals surface area (Å²) < 4.78 is 3.97. The highest BCUT2D eigenvalue weighted by Crippen LogP contribution is 2.24. The Balaban J connectivity index is 2.30. The van der Waals surface area contributed by atoms with Crippen molar-refractivity contribution in [2.24, 2.45) is 0 Å². The lowest BCUT2D eigenvalue weighted by Crippen LogP contribution is -1.86. The van der Waals surface area contributed by atoms with Crippen molar-refractivity contribution in [1.29, 1.82) is 5.26 Å². The van der Waals surface area contributed by atoms with Crippen LogP contribution in [0.1, 0.15) is 16.0 Å². The SMILES string of the molecule is N#Cc1c(Cl)nsc1Cc1ccccc1. The molecule has 1 aromatic heterocycles. The number of aromatic nitrogens is 1. The van der Waals surface area contributed by atoms with Crippen LogP contribution in [0.25, 0.3) is 0 Å². The maximum Gasteiger partial charge on any atom is 0.160 e. The molecule has 2 nitrogen and oxygen atoms in total. The first-order chi connectivity index (χ1) is 7.31. The van der Waals surface area contributed by atoms with Gasteiger partial charge in [-0.2, -0.15) is 9.64 Å². The van der Waals surface area contributed by atoms with Crippen LogP contribution in [0.4, 0.5) is 0 Å². The van der Waals surface area contributed by atoms with Gasteiger partial charge in [0.05, 0.1) is 0 Å². The Morgan fingerprint density at radius 2 is 2.07 bits per heavy atom.